The number of piperidine rings is 1. The minimum Gasteiger partial charge on any atom is -0.481 e. The smallest absolute Gasteiger partial charge is 0.306 e. The first-order chi connectivity index (χ1) is 17.1. The Balaban J connectivity index is 1.23. The summed E-state index contributed by atoms with van der Waals surface area (Å²) in [7, 11) is 1.58. The van der Waals surface area contributed by atoms with Gasteiger partial charge in [0.2, 0.25) is 11.8 Å². The molecule has 180 valence electrons. The van der Waals surface area contributed by atoms with Crippen LogP contribution in [0.3, 0.4) is 0 Å². The number of aromatic nitrogens is 6. The molecule has 0 atom stereocenters. The van der Waals surface area contributed by atoms with Crippen LogP contribution in [0.15, 0.2) is 42.9 Å². The highest BCUT2D eigenvalue weighted by Crippen LogP contribution is 2.26. The zero-order valence-corrected chi connectivity index (χ0v) is 19.8. The molecule has 4 aromatic heterocycles. The van der Waals surface area contributed by atoms with Crippen LogP contribution in [-0.2, 0) is 9.53 Å². The van der Waals surface area contributed by atoms with Gasteiger partial charge in [-0.2, -0.15) is 4.98 Å². The van der Waals surface area contributed by atoms with E-state index in [0.717, 1.165) is 48.3 Å². The number of nitrogens with zero attached hydrogens (tertiary/aromatic N) is 6. The summed E-state index contributed by atoms with van der Waals surface area (Å²) in [5.74, 6) is 2.16. The van der Waals surface area contributed by atoms with Gasteiger partial charge in [0.05, 0.1) is 24.9 Å². The quantitative estimate of drug-likeness (QED) is 0.401. The van der Waals surface area contributed by atoms with Gasteiger partial charge in [-0.25, -0.2) is 15.0 Å². The fraction of sp³-hybridized carbons (Fsp3) is 0.360. The van der Waals surface area contributed by atoms with E-state index in [9.17, 15) is 4.79 Å². The molecule has 0 unspecified atom stereocenters. The minimum absolute atomic E-state index is 0.109. The fourth-order valence-corrected chi connectivity index (χ4v) is 4.24. The maximum absolute atomic E-state index is 11.7. The molecular weight excluding hydrogens is 446 g/mol. The third kappa shape index (κ3) is 5.06. The maximum Gasteiger partial charge on any atom is 0.306 e. The Morgan fingerprint density at radius 2 is 1.80 bits per heavy atom. The van der Waals surface area contributed by atoms with Gasteiger partial charge in [-0.3, -0.25) is 9.78 Å². The number of carbonyl (C=O) groups excluding carboxylic acids is 1. The van der Waals surface area contributed by atoms with Crippen LogP contribution in [0, 0.1) is 5.92 Å². The molecule has 0 spiro atoms. The van der Waals surface area contributed by atoms with E-state index in [1.165, 1.54) is 0 Å². The summed E-state index contributed by atoms with van der Waals surface area (Å²) in [4.78, 5) is 39.7. The normalized spacial score (nSPS) is 14.3. The molecular formula is C25H27N7O3. The predicted octanol–water partition coefficient (Wildman–Crippen LogP) is 3.66. The van der Waals surface area contributed by atoms with E-state index < -0.39 is 0 Å². The monoisotopic (exact) mass is 473 g/mol. The number of fused-ring (bicyclic) bond motifs is 1. The van der Waals surface area contributed by atoms with Crippen molar-refractivity contribution in [2.75, 3.05) is 31.7 Å². The van der Waals surface area contributed by atoms with Crippen molar-refractivity contribution in [3.8, 4) is 28.5 Å². The highest BCUT2D eigenvalue weighted by atomic mass is 16.5. The van der Waals surface area contributed by atoms with E-state index in [2.05, 4.69) is 34.8 Å². The van der Waals surface area contributed by atoms with Crippen molar-refractivity contribution in [3.63, 3.8) is 0 Å². The fourth-order valence-electron chi connectivity index (χ4n) is 4.24. The maximum atomic E-state index is 11.7. The summed E-state index contributed by atoms with van der Waals surface area (Å²) >= 11 is 0. The SMILES string of the molecule is CCOC(=O)CC1CCN(c2ncc(-c3ccc(-c4nc5nc(OC)ccc5[nH]4)cn3)cn2)CC1. The molecule has 1 aliphatic rings. The third-order valence-electron chi connectivity index (χ3n) is 6.16. The Labute approximate surface area is 202 Å². The zero-order valence-electron chi connectivity index (χ0n) is 19.8. The Bertz CT molecular complexity index is 1300. The van der Waals surface area contributed by atoms with Crippen molar-refractivity contribution in [1.29, 1.82) is 0 Å². The number of rotatable bonds is 7. The van der Waals surface area contributed by atoms with Crippen molar-refractivity contribution >= 4 is 23.1 Å². The first-order valence-corrected chi connectivity index (χ1v) is 11.7. The Kier molecular flexibility index (Phi) is 6.51. The standard InChI is InChI=1S/C25H27N7O3/c1-3-35-22(33)12-16-8-10-32(11-9-16)25-27-14-18(15-28-25)19-5-4-17(13-26-19)23-29-20-6-7-21(34-2)30-24(20)31-23/h4-7,13-16H,3,8-12H2,1-2H3,(H,29,30,31). The highest BCUT2D eigenvalue weighted by molar-refractivity contribution is 5.76. The van der Waals surface area contributed by atoms with Gasteiger partial charge in [-0.15, -0.1) is 0 Å². The molecule has 1 N–H and O–H groups in total. The van der Waals surface area contributed by atoms with E-state index in [0.29, 0.717) is 42.2 Å². The molecule has 0 aromatic carbocycles. The number of methoxy groups -OCH3 is 1. The van der Waals surface area contributed by atoms with Crippen LogP contribution in [0.5, 0.6) is 5.88 Å². The summed E-state index contributed by atoms with van der Waals surface area (Å²) in [6.07, 6.45) is 7.71. The first-order valence-electron chi connectivity index (χ1n) is 11.7. The van der Waals surface area contributed by atoms with Gasteiger partial charge in [0.25, 0.3) is 0 Å². The number of esters is 1. The molecule has 0 amide bonds. The van der Waals surface area contributed by atoms with Crippen LogP contribution in [0.1, 0.15) is 26.2 Å². The Morgan fingerprint density at radius 1 is 1.03 bits per heavy atom. The molecule has 0 aliphatic carbocycles. The average Bonchev–Trinajstić information content (AvgIpc) is 3.33. The number of ether oxygens (including phenoxy) is 2. The lowest BCUT2D eigenvalue weighted by Gasteiger charge is -2.31. The number of hydrogen-bond donors (Lipinski definition) is 1. The molecule has 0 saturated carbocycles. The number of anilines is 1. The van der Waals surface area contributed by atoms with Gasteiger partial charge in [-0.05, 0) is 43.9 Å². The van der Waals surface area contributed by atoms with Crippen molar-refractivity contribution in [1.82, 2.24) is 29.9 Å². The second-order valence-corrected chi connectivity index (χ2v) is 8.45. The Morgan fingerprint density at radius 3 is 2.49 bits per heavy atom. The molecule has 10 heteroatoms. The molecule has 10 nitrogen and oxygen atoms in total. The molecule has 5 rings (SSSR count). The number of nitrogens with one attached hydrogen (secondary N) is 1. The summed E-state index contributed by atoms with van der Waals surface area (Å²) in [5, 5.41) is 0. The third-order valence-corrected chi connectivity index (χ3v) is 6.16. The van der Waals surface area contributed by atoms with E-state index >= 15 is 0 Å². The minimum atomic E-state index is -0.109. The number of H-pyrrole nitrogens is 1. The number of hydrogen-bond acceptors (Lipinski definition) is 9. The molecule has 4 aromatic rings. The van der Waals surface area contributed by atoms with Crippen LogP contribution in [0.4, 0.5) is 5.95 Å². The second kappa shape index (κ2) is 10.0. The lowest BCUT2D eigenvalue weighted by molar-refractivity contribution is -0.144. The summed E-state index contributed by atoms with van der Waals surface area (Å²) in [6.45, 7) is 3.92. The van der Waals surface area contributed by atoms with Gasteiger partial charge in [0.1, 0.15) is 5.82 Å². The van der Waals surface area contributed by atoms with Crippen LogP contribution < -0.4 is 9.64 Å². The van der Waals surface area contributed by atoms with Gasteiger partial charge < -0.3 is 19.4 Å². The van der Waals surface area contributed by atoms with Gasteiger partial charge >= 0.3 is 5.97 Å². The molecule has 1 aliphatic heterocycles. The van der Waals surface area contributed by atoms with Gasteiger partial charge in [-0.1, -0.05) is 0 Å². The zero-order chi connectivity index (χ0) is 24.2. The highest BCUT2D eigenvalue weighted by Gasteiger charge is 2.23. The van der Waals surface area contributed by atoms with Crippen molar-refractivity contribution < 1.29 is 14.3 Å². The molecule has 0 bridgehead atoms. The molecule has 35 heavy (non-hydrogen) atoms. The van der Waals surface area contributed by atoms with Crippen molar-refractivity contribution in [2.24, 2.45) is 5.92 Å². The van der Waals surface area contributed by atoms with E-state index in [-0.39, 0.29) is 5.97 Å². The summed E-state index contributed by atoms with van der Waals surface area (Å²) < 4.78 is 10.2. The van der Waals surface area contributed by atoms with Crippen LogP contribution in [0.2, 0.25) is 0 Å². The van der Waals surface area contributed by atoms with E-state index in [4.69, 9.17) is 9.47 Å². The number of pyridine rings is 2. The van der Waals surface area contributed by atoms with Crippen molar-refractivity contribution in [3.05, 3.63) is 42.9 Å². The number of aromatic amines is 1. The lowest BCUT2D eigenvalue weighted by Crippen LogP contribution is -2.35. The molecule has 1 saturated heterocycles. The molecule has 5 heterocycles. The van der Waals surface area contributed by atoms with E-state index in [1.807, 2.05) is 25.1 Å². The largest absolute Gasteiger partial charge is 0.481 e. The topological polar surface area (TPSA) is 119 Å². The predicted molar refractivity (Wildman–Crippen MR) is 131 cm³/mol. The van der Waals surface area contributed by atoms with E-state index in [1.54, 1.807) is 31.8 Å². The summed E-state index contributed by atoms with van der Waals surface area (Å²) in [5.41, 5.74) is 3.91. The number of carbonyl (C=O) groups is 1. The van der Waals surface area contributed by atoms with Gasteiger partial charge in [0, 0.05) is 55.3 Å². The number of imidazole rings is 1. The van der Waals surface area contributed by atoms with Crippen LogP contribution in [0.25, 0.3) is 33.8 Å². The average molecular weight is 474 g/mol. The van der Waals surface area contributed by atoms with Crippen LogP contribution >= 0.6 is 0 Å². The van der Waals surface area contributed by atoms with Crippen molar-refractivity contribution in [2.45, 2.75) is 26.2 Å². The van der Waals surface area contributed by atoms with Gasteiger partial charge in [0.15, 0.2) is 5.65 Å². The second-order valence-electron chi connectivity index (χ2n) is 8.45. The van der Waals surface area contributed by atoms with Crippen LogP contribution in [-0.4, -0.2) is 62.7 Å². The Hall–Kier alpha value is -4.08. The first kappa shape index (κ1) is 22.7. The summed E-state index contributed by atoms with van der Waals surface area (Å²) in [6, 6.07) is 7.57. The molecule has 0 radical (unpaired) electrons. The molecule has 1 fully saturated rings. The lowest BCUT2D eigenvalue weighted by atomic mass is 9.94.